The molecule has 6 heteroatoms. The van der Waals surface area contributed by atoms with Crippen molar-refractivity contribution < 1.29 is 23.9 Å². The van der Waals surface area contributed by atoms with Crippen LogP contribution in [0.4, 0.5) is 0 Å². The van der Waals surface area contributed by atoms with E-state index in [9.17, 15) is 9.59 Å². The molecule has 0 fully saturated rings. The number of hydrogen-bond acceptors (Lipinski definition) is 6. The Morgan fingerprint density at radius 1 is 1.29 bits per heavy atom. The molecule has 1 rings (SSSR count). The van der Waals surface area contributed by atoms with Crippen LogP contribution in [0.3, 0.4) is 0 Å². The summed E-state index contributed by atoms with van der Waals surface area (Å²) in [6, 6.07) is 0. The lowest BCUT2D eigenvalue weighted by Crippen LogP contribution is -2.27. The number of hydrogen-bond donors (Lipinski definition) is 1. The number of nitrogens with one attached hydrogen (secondary N) is 1. The van der Waals surface area contributed by atoms with Gasteiger partial charge in [-0.05, 0) is 20.8 Å². The largest absolute Gasteiger partial charge is 0.463 e. The molecule has 0 bridgehead atoms. The number of carbonyl (C=O) groups is 2. The van der Waals surface area contributed by atoms with E-state index in [1.54, 1.807) is 20.8 Å². The van der Waals surface area contributed by atoms with Crippen molar-refractivity contribution in [2.75, 3.05) is 7.11 Å². The highest BCUT2D eigenvalue weighted by atomic mass is 16.7. The van der Waals surface area contributed by atoms with Crippen LogP contribution in [0, 0.1) is 0 Å². The summed E-state index contributed by atoms with van der Waals surface area (Å²) >= 11 is 0. The maximum absolute atomic E-state index is 11.7. The Hall–Kier alpha value is -1.98. The number of esters is 2. The standard InChI is InChI=1S/C11H15NO5/c1-11(2,3)16-9(13)7-5-8(10(14)15-4)17-12-6-7/h5-6,12H,1-4H3. The van der Waals surface area contributed by atoms with Crippen LogP contribution in [-0.2, 0) is 23.9 Å². The van der Waals surface area contributed by atoms with E-state index >= 15 is 0 Å². The Labute approximate surface area is 99.2 Å². The Bertz CT molecular complexity index is 389. The molecule has 0 spiro atoms. The van der Waals surface area contributed by atoms with Crippen molar-refractivity contribution in [3.05, 3.63) is 23.6 Å². The van der Waals surface area contributed by atoms with E-state index in [0.29, 0.717) is 0 Å². The average Bonchev–Trinajstić information content (AvgIpc) is 2.26. The maximum Gasteiger partial charge on any atom is 0.376 e. The van der Waals surface area contributed by atoms with Crippen molar-refractivity contribution in [3.63, 3.8) is 0 Å². The van der Waals surface area contributed by atoms with Crippen LogP contribution in [0.15, 0.2) is 23.6 Å². The lowest BCUT2D eigenvalue weighted by Gasteiger charge is -2.21. The first-order valence-corrected chi connectivity index (χ1v) is 4.99. The zero-order valence-electron chi connectivity index (χ0n) is 10.2. The van der Waals surface area contributed by atoms with Crippen molar-refractivity contribution >= 4 is 11.9 Å². The summed E-state index contributed by atoms with van der Waals surface area (Å²) in [5.74, 6) is -1.32. The SMILES string of the molecule is COC(=O)C1=CC(C(=O)OC(C)(C)C)=CNO1. The molecule has 1 heterocycles. The fraction of sp³-hybridized carbons (Fsp3) is 0.455. The van der Waals surface area contributed by atoms with Gasteiger partial charge in [-0.25, -0.2) is 15.1 Å². The normalized spacial score (nSPS) is 14.8. The first-order chi connectivity index (χ1) is 7.83. The summed E-state index contributed by atoms with van der Waals surface area (Å²) < 4.78 is 9.61. The molecule has 0 atom stereocenters. The third-order valence-corrected chi connectivity index (χ3v) is 1.69. The molecule has 17 heavy (non-hydrogen) atoms. The molecule has 0 saturated heterocycles. The Kier molecular flexibility index (Phi) is 3.77. The maximum atomic E-state index is 11.7. The van der Waals surface area contributed by atoms with E-state index in [-0.39, 0.29) is 11.3 Å². The summed E-state index contributed by atoms with van der Waals surface area (Å²) in [6.45, 7) is 5.26. The topological polar surface area (TPSA) is 73.9 Å². The van der Waals surface area contributed by atoms with Crippen molar-refractivity contribution in [2.45, 2.75) is 26.4 Å². The van der Waals surface area contributed by atoms with E-state index in [1.807, 2.05) is 0 Å². The molecule has 0 saturated carbocycles. The molecule has 0 unspecified atom stereocenters. The fourth-order valence-corrected chi connectivity index (χ4v) is 1.02. The van der Waals surface area contributed by atoms with Crippen LogP contribution < -0.4 is 5.48 Å². The summed E-state index contributed by atoms with van der Waals surface area (Å²) in [6.07, 6.45) is 2.57. The molecule has 1 N–H and O–H groups in total. The predicted octanol–water partition coefficient (Wildman–Crippen LogP) is 0.804. The minimum Gasteiger partial charge on any atom is -0.463 e. The molecule has 0 aromatic rings. The van der Waals surface area contributed by atoms with Crippen molar-refractivity contribution in [2.24, 2.45) is 0 Å². The molecule has 94 valence electrons. The molecule has 0 radical (unpaired) electrons. The van der Waals surface area contributed by atoms with Crippen molar-refractivity contribution in [3.8, 4) is 0 Å². The van der Waals surface area contributed by atoms with E-state index in [0.717, 1.165) is 0 Å². The quantitative estimate of drug-likeness (QED) is 0.721. The van der Waals surface area contributed by atoms with E-state index in [1.165, 1.54) is 19.4 Å². The molecule has 6 nitrogen and oxygen atoms in total. The van der Waals surface area contributed by atoms with Gasteiger partial charge in [-0.2, -0.15) is 0 Å². The van der Waals surface area contributed by atoms with Gasteiger partial charge < -0.3 is 14.3 Å². The molecule has 1 aliphatic rings. The summed E-state index contributed by atoms with van der Waals surface area (Å²) in [4.78, 5) is 27.7. The van der Waals surface area contributed by atoms with Crippen LogP contribution in [0.2, 0.25) is 0 Å². The first-order valence-electron chi connectivity index (χ1n) is 4.99. The van der Waals surface area contributed by atoms with Gasteiger partial charge in [0.05, 0.1) is 18.9 Å². The van der Waals surface area contributed by atoms with Gasteiger partial charge in [0, 0.05) is 6.08 Å². The van der Waals surface area contributed by atoms with Gasteiger partial charge in [-0.1, -0.05) is 0 Å². The van der Waals surface area contributed by atoms with Crippen LogP contribution in [0.1, 0.15) is 20.8 Å². The van der Waals surface area contributed by atoms with Crippen LogP contribution in [0.25, 0.3) is 0 Å². The highest BCUT2D eigenvalue weighted by molar-refractivity contribution is 5.95. The monoisotopic (exact) mass is 241 g/mol. The first kappa shape index (κ1) is 13.1. The van der Waals surface area contributed by atoms with Crippen LogP contribution >= 0.6 is 0 Å². The minimum absolute atomic E-state index is 0.101. The Balaban J connectivity index is 2.79. The number of ether oxygens (including phenoxy) is 2. The van der Waals surface area contributed by atoms with Gasteiger partial charge in [0.15, 0.2) is 0 Å². The molecule has 0 aromatic carbocycles. The lowest BCUT2D eigenvalue weighted by atomic mass is 10.2. The minimum atomic E-state index is -0.674. The average molecular weight is 241 g/mol. The van der Waals surface area contributed by atoms with Crippen LogP contribution in [0.5, 0.6) is 0 Å². The highest BCUT2D eigenvalue weighted by Crippen LogP contribution is 2.15. The lowest BCUT2D eigenvalue weighted by molar-refractivity contribution is -0.149. The summed E-state index contributed by atoms with van der Waals surface area (Å²) in [5, 5.41) is 0. The number of methoxy groups -OCH3 is 1. The number of carbonyl (C=O) groups excluding carboxylic acids is 2. The summed E-state index contributed by atoms with van der Waals surface area (Å²) in [5.41, 5.74) is 1.92. The zero-order chi connectivity index (χ0) is 13.1. The molecular formula is C11H15NO5. The summed E-state index contributed by atoms with van der Waals surface area (Å²) in [7, 11) is 1.22. The second-order valence-corrected chi connectivity index (χ2v) is 4.32. The fourth-order valence-electron chi connectivity index (χ4n) is 1.02. The van der Waals surface area contributed by atoms with Gasteiger partial charge in [0.1, 0.15) is 5.60 Å². The highest BCUT2D eigenvalue weighted by Gasteiger charge is 2.23. The Morgan fingerprint density at radius 2 is 1.94 bits per heavy atom. The third-order valence-electron chi connectivity index (χ3n) is 1.69. The molecule has 1 aliphatic heterocycles. The second kappa shape index (κ2) is 4.90. The zero-order valence-corrected chi connectivity index (χ0v) is 10.2. The van der Waals surface area contributed by atoms with E-state index < -0.39 is 17.5 Å². The van der Waals surface area contributed by atoms with E-state index in [2.05, 4.69) is 10.2 Å². The number of hydroxylamine groups is 1. The Morgan fingerprint density at radius 3 is 2.47 bits per heavy atom. The van der Waals surface area contributed by atoms with Gasteiger partial charge in [-0.15, -0.1) is 0 Å². The van der Waals surface area contributed by atoms with E-state index in [4.69, 9.17) is 9.57 Å². The smallest absolute Gasteiger partial charge is 0.376 e. The number of rotatable bonds is 2. The second-order valence-electron chi connectivity index (χ2n) is 4.32. The molecule has 0 amide bonds. The third kappa shape index (κ3) is 3.82. The van der Waals surface area contributed by atoms with Gasteiger partial charge in [0.2, 0.25) is 5.76 Å². The van der Waals surface area contributed by atoms with Gasteiger partial charge >= 0.3 is 11.9 Å². The van der Waals surface area contributed by atoms with Gasteiger partial charge in [-0.3, -0.25) is 0 Å². The molecule has 0 aliphatic carbocycles. The van der Waals surface area contributed by atoms with Crippen molar-refractivity contribution in [1.82, 2.24) is 5.48 Å². The van der Waals surface area contributed by atoms with Crippen LogP contribution in [-0.4, -0.2) is 24.6 Å². The predicted molar refractivity (Wildman–Crippen MR) is 58.2 cm³/mol. The van der Waals surface area contributed by atoms with Crippen molar-refractivity contribution in [1.29, 1.82) is 0 Å². The molecular weight excluding hydrogens is 226 g/mol. The molecule has 0 aromatic heterocycles. The van der Waals surface area contributed by atoms with Gasteiger partial charge in [0.25, 0.3) is 0 Å².